The van der Waals surface area contributed by atoms with Gasteiger partial charge in [-0.05, 0) is 68.9 Å². The number of hydrogen-bond donors (Lipinski definition) is 3. The first-order valence-electron chi connectivity index (χ1n) is 13.3. The molecule has 39 heavy (non-hydrogen) atoms. The minimum absolute atomic E-state index is 0.143. The second-order valence-corrected chi connectivity index (χ2v) is 10.0. The van der Waals surface area contributed by atoms with Gasteiger partial charge < -0.3 is 20.9 Å². The number of rotatable bonds is 7. The fourth-order valence-electron chi connectivity index (χ4n) is 4.91. The first kappa shape index (κ1) is 27.9. The van der Waals surface area contributed by atoms with E-state index in [2.05, 4.69) is 20.6 Å². The quantitative estimate of drug-likeness (QED) is 0.341. The number of carbonyl (C=O) groups excluding carboxylic acids is 1. The predicted molar refractivity (Wildman–Crippen MR) is 151 cm³/mol. The van der Waals surface area contributed by atoms with Crippen LogP contribution in [0, 0.1) is 22.5 Å². The maximum atomic E-state index is 14.3. The molecule has 10 heteroatoms. The molecule has 1 spiro atoms. The van der Waals surface area contributed by atoms with Crippen molar-refractivity contribution in [2.24, 2.45) is 5.41 Å². The van der Waals surface area contributed by atoms with Crippen molar-refractivity contribution in [2.75, 3.05) is 28.6 Å². The van der Waals surface area contributed by atoms with Crippen LogP contribution in [0.5, 0.6) is 0 Å². The molecule has 3 aromatic rings. The molecule has 0 atom stereocenters. The Balaban J connectivity index is 0.00000172. The lowest BCUT2D eigenvalue weighted by molar-refractivity contribution is 0.102. The summed E-state index contributed by atoms with van der Waals surface area (Å²) in [5, 5.41) is 18.3. The maximum Gasteiger partial charge on any atom is 0.276 e. The Hall–Kier alpha value is -4.08. The SMILES string of the molecule is CC.CC(C)Nc1ccc(NC(=O)c2ccc(=O)n(-c3c(F)cccc3F)n2)c(N2CCC3(CC3)C2)c1C=N. The van der Waals surface area contributed by atoms with Gasteiger partial charge in [-0.2, -0.15) is 9.78 Å². The molecule has 3 N–H and O–H groups in total. The third-order valence-corrected chi connectivity index (χ3v) is 6.95. The van der Waals surface area contributed by atoms with Crippen molar-refractivity contribution in [1.82, 2.24) is 9.78 Å². The van der Waals surface area contributed by atoms with Crippen LogP contribution >= 0.6 is 0 Å². The molecule has 1 saturated carbocycles. The fraction of sp³-hybridized carbons (Fsp3) is 0.379. The second kappa shape index (κ2) is 11.3. The molecule has 1 amide bonds. The van der Waals surface area contributed by atoms with Crippen LogP contribution in [-0.4, -0.2) is 41.0 Å². The molecule has 1 aliphatic heterocycles. The number of amides is 1. The lowest BCUT2D eigenvalue weighted by Gasteiger charge is -2.27. The van der Waals surface area contributed by atoms with Crippen molar-refractivity contribution in [1.29, 1.82) is 5.41 Å². The summed E-state index contributed by atoms with van der Waals surface area (Å²) in [7, 11) is 0. The van der Waals surface area contributed by atoms with Crippen molar-refractivity contribution in [3.63, 3.8) is 0 Å². The number of para-hydroxylation sites is 1. The molecule has 0 radical (unpaired) electrons. The molecule has 2 fully saturated rings. The van der Waals surface area contributed by atoms with Crippen LogP contribution in [0.4, 0.5) is 25.8 Å². The van der Waals surface area contributed by atoms with Crippen LogP contribution in [0.15, 0.2) is 47.3 Å². The Bertz CT molecular complexity index is 1430. The van der Waals surface area contributed by atoms with E-state index in [-0.39, 0.29) is 11.7 Å². The molecule has 5 rings (SSSR count). The van der Waals surface area contributed by atoms with Crippen molar-refractivity contribution in [3.8, 4) is 5.69 Å². The maximum absolute atomic E-state index is 14.3. The van der Waals surface area contributed by atoms with Gasteiger partial charge in [-0.1, -0.05) is 19.9 Å². The van der Waals surface area contributed by atoms with Gasteiger partial charge in [-0.25, -0.2) is 8.78 Å². The van der Waals surface area contributed by atoms with E-state index in [1.54, 1.807) is 6.07 Å². The summed E-state index contributed by atoms with van der Waals surface area (Å²) in [6, 6.07) is 9.20. The average Bonchev–Trinajstić information content (AvgIpc) is 3.55. The Morgan fingerprint density at radius 3 is 2.28 bits per heavy atom. The van der Waals surface area contributed by atoms with Gasteiger partial charge in [0.1, 0.15) is 11.4 Å². The molecule has 0 unspecified atom stereocenters. The minimum atomic E-state index is -0.971. The Morgan fingerprint density at radius 1 is 1.03 bits per heavy atom. The van der Waals surface area contributed by atoms with Gasteiger partial charge >= 0.3 is 0 Å². The number of nitrogens with one attached hydrogen (secondary N) is 3. The number of hydrogen-bond acceptors (Lipinski definition) is 6. The van der Waals surface area contributed by atoms with E-state index in [0.29, 0.717) is 21.3 Å². The summed E-state index contributed by atoms with van der Waals surface area (Å²) >= 11 is 0. The molecular formula is C29H34F2N6O2. The topological polar surface area (TPSA) is 103 Å². The monoisotopic (exact) mass is 536 g/mol. The van der Waals surface area contributed by atoms with Crippen molar-refractivity contribution >= 4 is 29.2 Å². The first-order chi connectivity index (χ1) is 18.7. The zero-order valence-corrected chi connectivity index (χ0v) is 22.6. The van der Waals surface area contributed by atoms with E-state index < -0.39 is 28.8 Å². The lowest BCUT2D eigenvalue weighted by atomic mass is 10.1. The Morgan fingerprint density at radius 2 is 1.69 bits per heavy atom. The van der Waals surface area contributed by atoms with E-state index in [4.69, 9.17) is 5.41 Å². The van der Waals surface area contributed by atoms with Crippen LogP contribution in [0.25, 0.3) is 5.69 Å². The second-order valence-electron chi connectivity index (χ2n) is 10.0. The summed E-state index contributed by atoms with van der Waals surface area (Å²) in [4.78, 5) is 27.8. The molecule has 2 aliphatic rings. The number of carbonyl (C=O) groups is 1. The highest BCUT2D eigenvalue weighted by Crippen LogP contribution is 2.54. The van der Waals surface area contributed by atoms with E-state index >= 15 is 0 Å². The van der Waals surface area contributed by atoms with E-state index in [1.165, 1.54) is 31.2 Å². The summed E-state index contributed by atoms with van der Waals surface area (Å²) in [6.45, 7) is 9.68. The van der Waals surface area contributed by atoms with Crippen LogP contribution in [0.2, 0.25) is 0 Å². The molecule has 206 valence electrons. The lowest BCUT2D eigenvalue weighted by Crippen LogP contribution is -2.28. The zero-order chi connectivity index (χ0) is 28.3. The van der Waals surface area contributed by atoms with E-state index in [1.807, 2.05) is 33.8 Å². The summed E-state index contributed by atoms with van der Waals surface area (Å²) < 4.78 is 29.2. The highest BCUT2D eigenvalue weighted by molar-refractivity contribution is 6.08. The molecule has 1 saturated heterocycles. The molecule has 8 nitrogen and oxygen atoms in total. The van der Waals surface area contributed by atoms with Crippen LogP contribution in [-0.2, 0) is 0 Å². The van der Waals surface area contributed by atoms with Gasteiger partial charge in [0.25, 0.3) is 11.5 Å². The van der Waals surface area contributed by atoms with Crippen LogP contribution < -0.4 is 21.1 Å². The molecule has 0 bridgehead atoms. The summed E-state index contributed by atoms with van der Waals surface area (Å²) in [5.74, 6) is -2.59. The van der Waals surface area contributed by atoms with Gasteiger partial charge in [-0.15, -0.1) is 0 Å². The van der Waals surface area contributed by atoms with E-state index in [0.717, 1.165) is 49.1 Å². The highest BCUT2D eigenvalue weighted by atomic mass is 19.1. The molecular weight excluding hydrogens is 502 g/mol. The standard InChI is InChI=1S/C27H28F2N6O2.C2H6/c1-16(2)31-20-6-7-21(24(17(20)14-30)34-13-12-27(15-34)10-11-27)32-26(37)22-8-9-23(36)35(33-22)25-18(28)4-3-5-19(25)29;1-2/h3-9,14,16,30-31H,10-13,15H2,1-2H3,(H,32,37);1-2H3. The van der Waals surface area contributed by atoms with Gasteiger partial charge in [0, 0.05) is 42.7 Å². The minimum Gasteiger partial charge on any atom is -0.382 e. The average molecular weight is 537 g/mol. The molecule has 2 heterocycles. The van der Waals surface area contributed by atoms with Gasteiger partial charge in [-0.3, -0.25) is 9.59 Å². The van der Waals surface area contributed by atoms with Gasteiger partial charge in [0.15, 0.2) is 11.6 Å². The molecule has 1 aromatic heterocycles. The molecule has 1 aliphatic carbocycles. The summed E-state index contributed by atoms with van der Waals surface area (Å²) in [6.07, 6.45) is 4.69. The van der Waals surface area contributed by atoms with Gasteiger partial charge in [0.2, 0.25) is 0 Å². The number of benzene rings is 2. The number of anilines is 3. The van der Waals surface area contributed by atoms with E-state index in [9.17, 15) is 18.4 Å². The van der Waals surface area contributed by atoms with Crippen LogP contribution in [0.3, 0.4) is 0 Å². The summed E-state index contributed by atoms with van der Waals surface area (Å²) in [5.41, 5.74) is 1.38. The zero-order valence-electron chi connectivity index (χ0n) is 22.6. The molecule has 2 aromatic carbocycles. The largest absolute Gasteiger partial charge is 0.382 e. The van der Waals surface area contributed by atoms with Gasteiger partial charge in [0.05, 0.1) is 11.4 Å². The number of halogens is 2. The number of nitrogens with zero attached hydrogens (tertiary/aromatic N) is 3. The Kier molecular flexibility index (Phi) is 8.13. The van der Waals surface area contributed by atoms with Crippen molar-refractivity contribution in [3.05, 3.63) is 75.7 Å². The first-order valence-corrected chi connectivity index (χ1v) is 13.3. The third kappa shape index (κ3) is 5.69. The smallest absolute Gasteiger partial charge is 0.276 e. The highest BCUT2D eigenvalue weighted by Gasteiger charge is 2.48. The third-order valence-electron chi connectivity index (χ3n) is 6.95. The fourth-order valence-corrected chi connectivity index (χ4v) is 4.91. The van der Waals surface area contributed by atoms with Crippen LogP contribution in [0.1, 0.15) is 63.0 Å². The van der Waals surface area contributed by atoms with Crippen molar-refractivity contribution in [2.45, 2.75) is 53.0 Å². The Labute approximate surface area is 226 Å². The normalized spacial score (nSPS) is 15.1. The number of aromatic nitrogens is 2. The predicted octanol–water partition coefficient (Wildman–Crippen LogP) is 5.60. The van der Waals surface area contributed by atoms with Crippen molar-refractivity contribution < 1.29 is 13.6 Å².